The minimum absolute atomic E-state index is 0.0678. The number of amides is 1. The number of hydrogen-bond acceptors (Lipinski definition) is 4. The number of carbonyl (C=O) groups is 1. The van der Waals surface area contributed by atoms with E-state index in [1.165, 1.54) is 7.11 Å². The van der Waals surface area contributed by atoms with Gasteiger partial charge in [0.1, 0.15) is 11.5 Å². The summed E-state index contributed by atoms with van der Waals surface area (Å²) in [5.74, 6) is 0.873. The van der Waals surface area contributed by atoms with Gasteiger partial charge in [-0.15, -0.1) is 0 Å². The van der Waals surface area contributed by atoms with E-state index >= 15 is 0 Å². The maximum Gasteiger partial charge on any atom is 0.243 e. The standard InChI is InChI=1S/C16H16Cl2N2O3/c1-22-14-6-4-11(8-12(14)18)19-9-16(21)20-13-7-10(17)3-5-15(13)23-2/h3-8,19H,9H2,1-2H3,(H,20,21). The van der Waals surface area contributed by atoms with Crippen molar-refractivity contribution in [2.45, 2.75) is 0 Å². The van der Waals surface area contributed by atoms with Gasteiger partial charge in [0.15, 0.2) is 0 Å². The molecule has 0 aliphatic rings. The average Bonchev–Trinajstić information content (AvgIpc) is 2.53. The van der Waals surface area contributed by atoms with Crippen LogP contribution < -0.4 is 20.1 Å². The van der Waals surface area contributed by atoms with Crippen molar-refractivity contribution in [1.29, 1.82) is 0 Å². The molecule has 23 heavy (non-hydrogen) atoms. The van der Waals surface area contributed by atoms with Gasteiger partial charge >= 0.3 is 0 Å². The summed E-state index contributed by atoms with van der Waals surface area (Å²) in [5.41, 5.74) is 1.23. The predicted octanol–water partition coefficient (Wildman–Crippen LogP) is 4.06. The lowest BCUT2D eigenvalue weighted by Gasteiger charge is -2.12. The van der Waals surface area contributed by atoms with Gasteiger partial charge in [0.25, 0.3) is 0 Å². The fourth-order valence-electron chi connectivity index (χ4n) is 1.93. The molecule has 0 aliphatic heterocycles. The number of rotatable bonds is 6. The summed E-state index contributed by atoms with van der Waals surface area (Å²) in [5, 5.41) is 6.70. The van der Waals surface area contributed by atoms with Gasteiger partial charge in [0.05, 0.1) is 31.5 Å². The van der Waals surface area contributed by atoms with Gasteiger partial charge in [-0.1, -0.05) is 23.2 Å². The van der Waals surface area contributed by atoms with Gasteiger partial charge in [-0.2, -0.15) is 0 Å². The molecule has 0 aliphatic carbocycles. The molecule has 0 saturated carbocycles. The van der Waals surface area contributed by atoms with E-state index in [0.29, 0.717) is 32.9 Å². The Balaban J connectivity index is 1.98. The molecular weight excluding hydrogens is 339 g/mol. The zero-order valence-electron chi connectivity index (χ0n) is 12.7. The lowest BCUT2D eigenvalue weighted by atomic mass is 10.3. The van der Waals surface area contributed by atoms with E-state index in [9.17, 15) is 4.79 Å². The molecule has 0 fully saturated rings. The van der Waals surface area contributed by atoms with Gasteiger partial charge in [-0.3, -0.25) is 4.79 Å². The third-order valence-electron chi connectivity index (χ3n) is 3.04. The van der Waals surface area contributed by atoms with Crippen molar-refractivity contribution in [1.82, 2.24) is 0 Å². The smallest absolute Gasteiger partial charge is 0.243 e. The van der Waals surface area contributed by atoms with Crippen molar-refractivity contribution in [2.75, 3.05) is 31.4 Å². The van der Waals surface area contributed by atoms with E-state index in [1.807, 2.05) is 0 Å². The van der Waals surface area contributed by atoms with Crippen molar-refractivity contribution >= 4 is 40.5 Å². The number of benzene rings is 2. The number of methoxy groups -OCH3 is 2. The minimum Gasteiger partial charge on any atom is -0.495 e. The normalized spacial score (nSPS) is 10.1. The zero-order valence-corrected chi connectivity index (χ0v) is 14.2. The van der Waals surface area contributed by atoms with Crippen LogP contribution in [0.15, 0.2) is 36.4 Å². The van der Waals surface area contributed by atoms with Crippen LogP contribution in [0.4, 0.5) is 11.4 Å². The monoisotopic (exact) mass is 354 g/mol. The largest absolute Gasteiger partial charge is 0.495 e. The van der Waals surface area contributed by atoms with Crippen molar-refractivity contribution in [3.8, 4) is 11.5 Å². The highest BCUT2D eigenvalue weighted by Gasteiger charge is 2.09. The van der Waals surface area contributed by atoms with Gasteiger partial charge in [0, 0.05) is 10.7 Å². The van der Waals surface area contributed by atoms with Gasteiger partial charge < -0.3 is 20.1 Å². The second-order valence-electron chi connectivity index (χ2n) is 4.60. The lowest BCUT2D eigenvalue weighted by molar-refractivity contribution is -0.114. The van der Waals surface area contributed by atoms with Crippen LogP contribution in [0.2, 0.25) is 10.0 Å². The van der Waals surface area contributed by atoms with E-state index in [2.05, 4.69) is 10.6 Å². The number of hydrogen-bond donors (Lipinski definition) is 2. The summed E-state index contributed by atoms with van der Waals surface area (Å²) in [6.45, 7) is 0.0678. The highest BCUT2D eigenvalue weighted by Crippen LogP contribution is 2.28. The summed E-state index contributed by atoms with van der Waals surface area (Å²) in [4.78, 5) is 12.0. The summed E-state index contributed by atoms with van der Waals surface area (Å²) >= 11 is 12.0. The van der Waals surface area contributed by atoms with Crippen LogP contribution in [0.3, 0.4) is 0 Å². The molecule has 0 unspecified atom stereocenters. The Bertz CT molecular complexity index is 708. The summed E-state index contributed by atoms with van der Waals surface area (Å²) < 4.78 is 10.3. The second kappa shape index (κ2) is 7.94. The SMILES string of the molecule is COc1ccc(NCC(=O)Nc2cc(Cl)ccc2OC)cc1Cl. The number of ether oxygens (including phenoxy) is 2. The van der Waals surface area contributed by atoms with Crippen LogP contribution >= 0.6 is 23.2 Å². The Morgan fingerprint density at radius 3 is 2.39 bits per heavy atom. The van der Waals surface area contributed by atoms with E-state index in [1.54, 1.807) is 43.5 Å². The fraction of sp³-hybridized carbons (Fsp3) is 0.188. The molecule has 0 radical (unpaired) electrons. The van der Waals surface area contributed by atoms with E-state index in [4.69, 9.17) is 32.7 Å². The van der Waals surface area contributed by atoms with Gasteiger partial charge in [-0.05, 0) is 36.4 Å². The molecule has 2 N–H and O–H groups in total. The summed E-state index contributed by atoms with van der Waals surface area (Å²) in [7, 11) is 3.07. The van der Waals surface area contributed by atoms with E-state index in [0.717, 1.165) is 0 Å². The Morgan fingerprint density at radius 2 is 1.74 bits per heavy atom. The number of halogens is 2. The van der Waals surface area contributed by atoms with Gasteiger partial charge in [-0.25, -0.2) is 0 Å². The van der Waals surface area contributed by atoms with Crippen LogP contribution in [0, 0.1) is 0 Å². The summed E-state index contributed by atoms with van der Waals surface area (Å²) in [6, 6.07) is 10.2. The third kappa shape index (κ3) is 4.68. The Morgan fingerprint density at radius 1 is 1.04 bits per heavy atom. The van der Waals surface area contributed by atoms with Gasteiger partial charge in [0.2, 0.25) is 5.91 Å². The van der Waals surface area contributed by atoms with E-state index < -0.39 is 0 Å². The van der Waals surface area contributed by atoms with E-state index in [-0.39, 0.29) is 12.5 Å². The van der Waals surface area contributed by atoms with Crippen molar-refractivity contribution in [2.24, 2.45) is 0 Å². The molecule has 0 atom stereocenters. The quantitative estimate of drug-likeness (QED) is 0.820. The number of anilines is 2. The number of nitrogens with one attached hydrogen (secondary N) is 2. The van der Waals surface area contributed by atoms with Crippen LogP contribution in [0.5, 0.6) is 11.5 Å². The Hall–Kier alpha value is -2.11. The molecule has 122 valence electrons. The molecule has 0 bridgehead atoms. The fourth-order valence-corrected chi connectivity index (χ4v) is 2.36. The van der Waals surface area contributed by atoms with Crippen molar-refractivity contribution in [3.63, 3.8) is 0 Å². The second-order valence-corrected chi connectivity index (χ2v) is 5.44. The zero-order chi connectivity index (χ0) is 16.8. The third-order valence-corrected chi connectivity index (χ3v) is 3.57. The summed E-state index contributed by atoms with van der Waals surface area (Å²) in [6.07, 6.45) is 0. The first-order valence-corrected chi connectivity index (χ1v) is 7.50. The molecule has 5 nitrogen and oxygen atoms in total. The van der Waals surface area contributed by atoms with Crippen LogP contribution in [-0.4, -0.2) is 26.7 Å². The molecule has 2 aromatic carbocycles. The van der Waals surface area contributed by atoms with Crippen molar-refractivity contribution in [3.05, 3.63) is 46.4 Å². The Kier molecular flexibility index (Phi) is 5.96. The van der Waals surface area contributed by atoms with Crippen LogP contribution in [0.25, 0.3) is 0 Å². The molecule has 0 saturated heterocycles. The number of carbonyl (C=O) groups excluding carboxylic acids is 1. The maximum atomic E-state index is 12.0. The predicted molar refractivity (Wildman–Crippen MR) is 93.1 cm³/mol. The lowest BCUT2D eigenvalue weighted by Crippen LogP contribution is -2.22. The molecule has 0 heterocycles. The first-order valence-electron chi connectivity index (χ1n) is 6.74. The molecule has 1 amide bonds. The Labute approximate surface area is 144 Å². The first-order chi connectivity index (χ1) is 11.0. The molecular formula is C16H16Cl2N2O3. The van der Waals surface area contributed by atoms with Crippen molar-refractivity contribution < 1.29 is 14.3 Å². The molecule has 7 heteroatoms. The highest BCUT2D eigenvalue weighted by molar-refractivity contribution is 6.32. The topological polar surface area (TPSA) is 59.6 Å². The molecule has 2 aromatic rings. The highest BCUT2D eigenvalue weighted by atomic mass is 35.5. The maximum absolute atomic E-state index is 12.0. The minimum atomic E-state index is -0.238. The van der Waals surface area contributed by atoms with Crippen LogP contribution in [0.1, 0.15) is 0 Å². The average molecular weight is 355 g/mol. The molecule has 2 rings (SSSR count). The molecule has 0 aromatic heterocycles. The first kappa shape index (κ1) is 17.2. The van der Waals surface area contributed by atoms with Crippen LogP contribution in [-0.2, 0) is 4.79 Å². The molecule has 0 spiro atoms.